The van der Waals surface area contributed by atoms with Gasteiger partial charge in [0.15, 0.2) is 12.0 Å². The minimum atomic E-state index is 0.0301. The summed E-state index contributed by atoms with van der Waals surface area (Å²) in [5, 5.41) is 20.3. The number of hydrogen-bond acceptors (Lipinski definition) is 6. The first kappa shape index (κ1) is 15.4. The van der Waals surface area contributed by atoms with Crippen molar-refractivity contribution in [2.24, 2.45) is 4.99 Å². The van der Waals surface area contributed by atoms with Crippen molar-refractivity contribution < 1.29 is 5.11 Å². The Kier molecular flexibility index (Phi) is 3.62. The molecule has 0 spiro atoms. The predicted octanol–water partition coefficient (Wildman–Crippen LogP) is 2.53. The zero-order valence-electron chi connectivity index (χ0n) is 14.3. The lowest BCUT2D eigenvalue weighted by molar-refractivity contribution is 0.282. The summed E-state index contributed by atoms with van der Waals surface area (Å²) in [6.45, 7) is 0.698. The molecule has 0 bridgehead atoms. The number of H-pyrrole nitrogens is 1. The molecule has 3 heterocycles. The van der Waals surface area contributed by atoms with Crippen LogP contribution in [-0.2, 0) is 6.61 Å². The highest BCUT2D eigenvalue weighted by Gasteiger charge is 2.37. The molecule has 1 fully saturated rings. The van der Waals surface area contributed by atoms with Gasteiger partial charge in [-0.1, -0.05) is 12.1 Å². The number of nitrogens with one attached hydrogen (secondary N) is 2. The average molecular weight is 348 g/mol. The molecule has 7 nitrogen and oxygen atoms in total. The number of aliphatic imine (C=N–C) groups is 1. The lowest BCUT2D eigenvalue weighted by atomic mass is 10.2. The molecule has 0 unspecified atom stereocenters. The number of aromatic nitrogens is 2. The Hall–Kier alpha value is -2.90. The lowest BCUT2D eigenvalue weighted by Gasteiger charge is -2.25. The van der Waals surface area contributed by atoms with Crippen molar-refractivity contribution >= 4 is 17.3 Å². The minimum absolute atomic E-state index is 0.0301. The topological polar surface area (TPSA) is 82.4 Å². The Morgan fingerprint density at radius 2 is 2.23 bits per heavy atom. The maximum Gasteiger partial charge on any atom is 0.284 e. The Labute approximate surface area is 151 Å². The van der Waals surface area contributed by atoms with Crippen molar-refractivity contribution in [2.75, 3.05) is 16.8 Å². The number of aliphatic hydroxyl groups is 1. The van der Waals surface area contributed by atoms with Gasteiger partial charge in [0.05, 0.1) is 19.0 Å². The van der Waals surface area contributed by atoms with Crippen LogP contribution in [0.25, 0.3) is 0 Å². The minimum Gasteiger partial charge on any atom is -0.392 e. The van der Waals surface area contributed by atoms with Crippen molar-refractivity contribution in [3.63, 3.8) is 0 Å². The van der Waals surface area contributed by atoms with Gasteiger partial charge in [-0.05, 0) is 35.4 Å². The first-order valence-corrected chi connectivity index (χ1v) is 8.83. The molecule has 26 heavy (non-hydrogen) atoms. The van der Waals surface area contributed by atoms with Crippen LogP contribution in [0.4, 0.5) is 11.5 Å². The van der Waals surface area contributed by atoms with Crippen LogP contribution in [0.5, 0.6) is 0 Å². The molecule has 0 atom stereocenters. The van der Waals surface area contributed by atoms with Gasteiger partial charge < -0.3 is 10.0 Å². The van der Waals surface area contributed by atoms with E-state index in [9.17, 15) is 5.11 Å². The van der Waals surface area contributed by atoms with Gasteiger partial charge in [-0.2, -0.15) is 10.1 Å². The van der Waals surface area contributed by atoms with Gasteiger partial charge in [0.1, 0.15) is 6.54 Å². The molecule has 0 saturated heterocycles. The second-order valence-corrected chi connectivity index (χ2v) is 6.79. The number of fused-ring (bicyclic) bond motifs is 1. The molecule has 1 radical (unpaired) electrons. The molecule has 1 saturated carbocycles. The van der Waals surface area contributed by atoms with Gasteiger partial charge >= 0.3 is 0 Å². The fourth-order valence-electron chi connectivity index (χ4n) is 3.31. The van der Waals surface area contributed by atoms with E-state index >= 15 is 0 Å². The molecule has 5 rings (SSSR count). The summed E-state index contributed by atoms with van der Waals surface area (Å²) >= 11 is 0. The summed E-state index contributed by atoms with van der Waals surface area (Å²) in [7, 11) is 0. The summed E-state index contributed by atoms with van der Waals surface area (Å²) in [5.41, 5.74) is 3.11. The van der Waals surface area contributed by atoms with E-state index < -0.39 is 0 Å². The second-order valence-electron chi connectivity index (χ2n) is 6.79. The molecule has 1 aliphatic carbocycles. The van der Waals surface area contributed by atoms with Gasteiger partial charge in [0.2, 0.25) is 0 Å². The van der Waals surface area contributed by atoms with Crippen LogP contribution in [-0.4, -0.2) is 27.7 Å². The largest absolute Gasteiger partial charge is 0.392 e. The smallest absolute Gasteiger partial charge is 0.284 e. The SMILES string of the molecule is OCc1cccc(N2C=C(Nc3cc(C4CC4)[nH]n3)[N+]3C=CN=C3C2)c1. The lowest BCUT2D eigenvalue weighted by Crippen LogP contribution is -2.45. The van der Waals surface area contributed by atoms with Gasteiger partial charge in [0.25, 0.3) is 11.7 Å². The summed E-state index contributed by atoms with van der Waals surface area (Å²) in [5.74, 6) is 3.29. The second kappa shape index (κ2) is 6.12. The first-order chi connectivity index (χ1) is 12.8. The first-order valence-electron chi connectivity index (χ1n) is 8.83. The molecule has 1 aromatic heterocycles. The molecule has 2 aromatic rings. The van der Waals surface area contributed by atoms with Crippen LogP contribution in [0.15, 0.2) is 59.7 Å². The van der Waals surface area contributed by atoms with E-state index in [1.807, 2.05) is 35.4 Å². The van der Waals surface area contributed by atoms with Crippen LogP contribution in [0.1, 0.15) is 30.0 Å². The van der Waals surface area contributed by atoms with Crippen LogP contribution in [0.3, 0.4) is 0 Å². The van der Waals surface area contributed by atoms with E-state index in [1.54, 1.807) is 6.20 Å². The molecule has 7 heteroatoms. The Morgan fingerprint density at radius 1 is 1.31 bits per heavy atom. The summed E-state index contributed by atoms with van der Waals surface area (Å²) < 4.78 is 0. The van der Waals surface area contributed by atoms with E-state index in [2.05, 4.69) is 37.7 Å². The highest BCUT2D eigenvalue weighted by molar-refractivity contribution is 5.96. The van der Waals surface area contributed by atoms with Crippen molar-refractivity contribution in [2.45, 2.75) is 25.4 Å². The quantitative estimate of drug-likeness (QED) is 0.725. The number of rotatable bonds is 5. The zero-order valence-corrected chi connectivity index (χ0v) is 14.3. The Morgan fingerprint density at radius 3 is 3.08 bits per heavy atom. The van der Waals surface area contributed by atoms with Gasteiger partial charge in [-0.3, -0.25) is 10.4 Å². The molecule has 3 N–H and O–H groups in total. The number of nitrogens with zero attached hydrogens (tertiary/aromatic N) is 4. The Balaban J connectivity index is 1.45. The normalized spacial score (nSPS) is 19.3. The third-order valence-corrected chi connectivity index (χ3v) is 4.86. The van der Waals surface area contributed by atoms with E-state index in [1.165, 1.54) is 18.5 Å². The molecule has 0 amide bonds. The van der Waals surface area contributed by atoms with Gasteiger partial charge in [0, 0.05) is 23.4 Å². The molecular weight excluding hydrogens is 328 g/mol. The summed E-state index contributed by atoms with van der Waals surface area (Å²) in [4.78, 5) is 8.64. The van der Waals surface area contributed by atoms with E-state index in [0.717, 1.165) is 28.7 Å². The van der Waals surface area contributed by atoms with E-state index in [-0.39, 0.29) is 6.61 Å². The number of amidine groups is 1. The third kappa shape index (κ3) is 2.81. The monoisotopic (exact) mass is 348 g/mol. The fourth-order valence-corrected chi connectivity index (χ4v) is 3.31. The van der Waals surface area contributed by atoms with E-state index in [4.69, 9.17) is 0 Å². The van der Waals surface area contributed by atoms with Crippen molar-refractivity contribution in [3.05, 3.63) is 66.0 Å². The number of aromatic amines is 1. The van der Waals surface area contributed by atoms with Crippen LogP contribution in [0.2, 0.25) is 0 Å². The van der Waals surface area contributed by atoms with Crippen molar-refractivity contribution in [1.82, 2.24) is 15.1 Å². The standard InChI is InChI=1S/C19H20N6O/c26-12-13-2-1-3-15(8-13)24-10-18-20-6-7-25(18)19(11-24)21-17-9-16(22-23-17)14-4-5-14/h1-3,6-9,11,14,26H,4-5,10,12H2,(H2,21,22,23)/q+1. The molecule has 2 aliphatic heterocycles. The van der Waals surface area contributed by atoms with Crippen molar-refractivity contribution in [3.8, 4) is 0 Å². The molecule has 1 aromatic carbocycles. The maximum absolute atomic E-state index is 9.41. The zero-order chi connectivity index (χ0) is 17.5. The maximum atomic E-state index is 9.41. The highest BCUT2D eigenvalue weighted by Crippen LogP contribution is 2.39. The van der Waals surface area contributed by atoms with Crippen LogP contribution in [0, 0.1) is 0 Å². The molecule has 131 valence electrons. The van der Waals surface area contributed by atoms with Crippen molar-refractivity contribution in [1.29, 1.82) is 0 Å². The predicted molar refractivity (Wildman–Crippen MR) is 101 cm³/mol. The van der Waals surface area contributed by atoms with E-state index in [0.29, 0.717) is 12.5 Å². The number of anilines is 2. The highest BCUT2D eigenvalue weighted by atomic mass is 16.3. The fraction of sp³-hybridized carbons (Fsp3) is 0.263. The van der Waals surface area contributed by atoms with Crippen LogP contribution < -0.4 is 15.1 Å². The molecular formula is C19H20N6O+. The average Bonchev–Trinajstić information content (AvgIpc) is 3.23. The summed E-state index contributed by atoms with van der Waals surface area (Å²) in [6.07, 6.45) is 8.29. The van der Waals surface area contributed by atoms with Gasteiger partial charge in [-0.15, -0.1) is 0 Å². The summed E-state index contributed by atoms with van der Waals surface area (Å²) in [6, 6.07) is 9.98. The molecule has 3 aliphatic rings. The third-order valence-electron chi connectivity index (χ3n) is 4.86. The number of hydrogen-bond donors (Lipinski definition) is 3. The number of benzene rings is 1. The van der Waals surface area contributed by atoms with Crippen LogP contribution >= 0.6 is 0 Å². The Bertz CT molecular complexity index is 924. The number of aliphatic hydroxyl groups excluding tert-OH is 1. The van der Waals surface area contributed by atoms with Gasteiger partial charge in [-0.25, -0.2) is 0 Å².